The van der Waals surface area contributed by atoms with Crippen molar-refractivity contribution in [3.63, 3.8) is 0 Å². The maximum Gasteiger partial charge on any atom is 0.244 e. The minimum Gasteiger partial charge on any atom is -0.302 e. The first kappa shape index (κ1) is 24.1. The number of nitrogens with zero attached hydrogens (tertiary/aromatic N) is 2. The highest BCUT2D eigenvalue weighted by Gasteiger charge is 2.33. The van der Waals surface area contributed by atoms with Crippen molar-refractivity contribution < 1.29 is 21.6 Å². The first-order valence-electron chi connectivity index (χ1n) is 10.1. The molecule has 0 bridgehead atoms. The van der Waals surface area contributed by atoms with Gasteiger partial charge in [0.1, 0.15) is 0 Å². The van der Waals surface area contributed by atoms with Crippen molar-refractivity contribution in [1.82, 2.24) is 9.29 Å². The second kappa shape index (κ2) is 9.34. The molecule has 1 N–H and O–H groups in total. The third-order valence-electron chi connectivity index (χ3n) is 5.53. The number of thiazole rings is 1. The molecule has 1 aromatic heterocycles. The van der Waals surface area contributed by atoms with Crippen molar-refractivity contribution in [3.05, 3.63) is 42.5 Å². The molecule has 1 fully saturated rings. The number of nitrogens with one attached hydrogen (secondary N) is 1. The van der Waals surface area contributed by atoms with Gasteiger partial charge in [0.2, 0.25) is 15.9 Å². The highest BCUT2D eigenvalue weighted by molar-refractivity contribution is 7.99. The van der Waals surface area contributed by atoms with E-state index in [1.807, 2.05) is 12.3 Å². The summed E-state index contributed by atoms with van der Waals surface area (Å²) in [4.78, 5) is 18.4. The topological polar surface area (TPSA) is 114 Å². The van der Waals surface area contributed by atoms with E-state index < -0.39 is 19.9 Å². The van der Waals surface area contributed by atoms with Crippen LogP contribution in [0.15, 0.2) is 57.2 Å². The quantitative estimate of drug-likeness (QED) is 0.490. The standard InChI is InChI=1S/C21H23N3O5S4/c1-30-17-5-3-4-6-19(17)33(28,29)24-11-9-14(10-12-24)20(25)23-21-22-16-8-7-15(32(2,26)27)13-18(16)31-21/h3-8,13-14H,9-12H2,1-2H3,(H,22,23,25). The molecule has 8 nitrogen and oxygen atoms in total. The molecule has 2 aromatic carbocycles. The third-order valence-corrected chi connectivity index (χ3v) is 10.5. The van der Waals surface area contributed by atoms with E-state index in [-0.39, 0.29) is 29.8 Å². The predicted octanol–water partition coefficient (Wildman–Crippen LogP) is 3.46. The van der Waals surface area contributed by atoms with Gasteiger partial charge in [-0.3, -0.25) is 4.79 Å². The van der Waals surface area contributed by atoms with Crippen LogP contribution in [-0.4, -0.2) is 57.6 Å². The van der Waals surface area contributed by atoms with Crippen molar-refractivity contribution in [2.24, 2.45) is 5.92 Å². The summed E-state index contributed by atoms with van der Waals surface area (Å²) in [5.41, 5.74) is 0.607. The number of benzene rings is 2. The number of anilines is 1. The Labute approximate surface area is 201 Å². The number of hydrogen-bond acceptors (Lipinski definition) is 8. The van der Waals surface area contributed by atoms with E-state index in [0.29, 0.717) is 38.0 Å². The van der Waals surface area contributed by atoms with Gasteiger partial charge < -0.3 is 5.32 Å². The maximum atomic E-state index is 13.1. The monoisotopic (exact) mass is 525 g/mol. The summed E-state index contributed by atoms with van der Waals surface area (Å²) in [6.45, 7) is 0.529. The fraction of sp³-hybridized carbons (Fsp3) is 0.333. The van der Waals surface area contributed by atoms with Gasteiger partial charge in [0.15, 0.2) is 15.0 Å². The molecule has 0 spiro atoms. The van der Waals surface area contributed by atoms with E-state index in [1.165, 1.54) is 33.5 Å². The van der Waals surface area contributed by atoms with Crippen LogP contribution in [0.1, 0.15) is 12.8 Å². The molecule has 0 aliphatic carbocycles. The lowest BCUT2D eigenvalue weighted by molar-refractivity contribution is -0.120. The van der Waals surface area contributed by atoms with E-state index in [2.05, 4.69) is 10.3 Å². The number of sulfonamides is 1. The van der Waals surface area contributed by atoms with Crippen LogP contribution in [0.25, 0.3) is 10.2 Å². The minimum atomic E-state index is -3.62. The van der Waals surface area contributed by atoms with Crippen molar-refractivity contribution in [2.75, 3.05) is 30.9 Å². The summed E-state index contributed by atoms with van der Waals surface area (Å²) in [7, 11) is -6.96. The zero-order valence-electron chi connectivity index (χ0n) is 18.0. The number of sulfone groups is 1. The second-order valence-corrected chi connectivity index (χ2v) is 13.5. The number of fused-ring (bicyclic) bond motifs is 1. The first-order chi connectivity index (χ1) is 15.6. The lowest BCUT2D eigenvalue weighted by Crippen LogP contribution is -2.41. The number of carbonyl (C=O) groups excluding carboxylic acids is 1. The van der Waals surface area contributed by atoms with E-state index in [9.17, 15) is 21.6 Å². The largest absolute Gasteiger partial charge is 0.302 e. The normalized spacial score (nSPS) is 16.2. The van der Waals surface area contributed by atoms with Crippen molar-refractivity contribution >= 4 is 64.2 Å². The van der Waals surface area contributed by atoms with Crippen molar-refractivity contribution in [3.8, 4) is 0 Å². The van der Waals surface area contributed by atoms with Gasteiger partial charge in [-0.1, -0.05) is 23.5 Å². The van der Waals surface area contributed by atoms with Gasteiger partial charge in [-0.05, 0) is 49.4 Å². The average Bonchev–Trinajstić information content (AvgIpc) is 3.20. The predicted molar refractivity (Wildman–Crippen MR) is 131 cm³/mol. The Kier molecular flexibility index (Phi) is 6.83. The molecule has 2 heterocycles. The molecule has 12 heteroatoms. The van der Waals surface area contributed by atoms with Gasteiger partial charge in [-0.25, -0.2) is 21.8 Å². The van der Waals surface area contributed by atoms with Gasteiger partial charge in [0, 0.05) is 30.2 Å². The molecule has 1 amide bonds. The van der Waals surface area contributed by atoms with E-state index >= 15 is 0 Å². The smallest absolute Gasteiger partial charge is 0.244 e. The highest BCUT2D eigenvalue weighted by atomic mass is 32.2. The zero-order valence-corrected chi connectivity index (χ0v) is 21.3. The van der Waals surface area contributed by atoms with E-state index in [1.54, 1.807) is 30.3 Å². The Bertz CT molecular complexity index is 1410. The number of thioether (sulfide) groups is 1. The van der Waals surface area contributed by atoms with E-state index in [4.69, 9.17) is 0 Å². The highest BCUT2D eigenvalue weighted by Crippen LogP contribution is 2.32. The maximum absolute atomic E-state index is 13.1. The summed E-state index contributed by atoms with van der Waals surface area (Å²) in [5, 5.41) is 3.20. The summed E-state index contributed by atoms with van der Waals surface area (Å²) >= 11 is 2.60. The number of piperidine rings is 1. The van der Waals surface area contributed by atoms with Crippen LogP contribution in [0, 0.1) is 5.92 Å². The van der Waals surface area contributed by atoms with Crippen LogP contribution in [-0.2, 0) is 24.7 Å². The summed E-state index contributed by atoms with van der Waals surface area (Å²) < 4.78 is 51.8. The van der Waals surface area contributed by atoms with Gasteiger partial charge in [-0.2, -0.15) is 4.31 Å². The van der Waals surface area contributed by atoms with E-state index in [0.717, 1.165) is 6.26 Å². The Morgan fingerprint density at radius 2 is 1.82 bits per heavy atom. The molecular weight excluding hydrogens is 503 g/mol. The fourth-order valence-corrected chi connectivity index (χ4v) is 7.95. The molecule has 4 rings (SSSR count). The SMILES string of the molecule is CSc1ccccc1S(=O)(=O)N1CCC(C(=O)Nc2nc3ccc(S(C)(=O)=O)cc3s2)CC1. The molecule has 0 atom stereocenters. The van der Waals surface area contributed by atoms with Gasteiger partial charge >= 0.3 is 0 Å². The van der Waals surface area contributed by atoms with Crippen molar-refractivity contribution in [1.29, 1.82) is 0 Å². The Balaban J connectivity index is 1.42. The Morgan fingerprint density at radius 1 is 1.12 bits per heavy atom. The molecule has 33 heavy (non-hydrogen) atoms. The molecule has 176 valence electrons. The van der Waals surface area contributed by atoms with Gasteiger partial charge in [0.05, 0.1) is 20.0 Å². The van der Waals surface area contributed by atoms with Crippen LogP contribution in [0.2, 0.25) is 0 Å². The number of rotatable bonds is 6. The van der Waals surface area contributed by atoms with Crippen molar-refractivity contribution in [2.45, 2.75) is 27.5 Å². The molecule has 3 aromatic rings. The summed E-state index contributed by atoms with van der Waals surface area (Å²) in [6, 6.07) is 11.6. The number of carbonyl (C=O) groups is 1. The average molecular weight is 526 g/mol. The number of amides is 1. The molecule has 0 saturated carbocycles. The number of hydrogen-bond donors (Lipinski definition) is 1. The summed E-state index contributed by atoms with van der Waals surface area (Å²) in [6.07, 6.45) is 3.81. The van der Waals surface area contributed by atoms with Crippen LogP contribution >= 0.6 is 23.1 Å². The summed E-state index contributed by atoms with van der Waals surface area (Å²) in [5.74, 6) is -0.537. The zero-order chi connectivity index (χ0) is 23.8. The molecule has 1 saturated heterocycles. The van der Waals surface area contributed by atoms with Crippen LogP contribution < -0.4 is 5.32 Å². The molecule has 0 radical (unpaired) electrons. The molecular formula is C21H23N3O5S4. The van der Waals surface area contributed by atoms with Crippen LogP contribution in [0.3, 0.4) is 0 Å². The molecule has 1 aliphatic rings. The lowest BCUT2D eigenvalue weighted by Gasteiger charge is -2.30. The fourth-order valence-electron chi connectivity index (χ4n) is 3.73. The lowest BCUT2D eigenvalue weighted by atomic mass is 9.97. The molecule has 1 aliphatic heterocycles. The Hall–Kier alpha value is -1.99. The Morgan fingerprint density at radius 3 is 2.48 bits per heavy atom. The molecule has 0 unspecified atom stereocenters. The third kappa shape index (κ3) is 5.09. The first-order valence-corrected chi connectivity index (χ1v) is 15.5. The van der Waals surface area contributed by atoms with Gasteiger partial charge in [0.25, 0.3) is 0 Å². The second-order valence-electron chi connectivity index (χ2n) is 7.74. The van der Waals surface area contributed by atoms with Gasteiger partial charge in [-0.15, -0.1) is 11.8 Å². The van der Waals surface area contributed by atoms with Crippen LogP contribution in [0.4, 0.5) is 5.13 Å². The minimum absolute atomic E-state index is 0.202. The van der Waals surface area contributed by atoms with Crippen LogP contribution in [0.5, 0.6) is 0 Å². The number of aromatic nitrogens is 1.